The number of benzene rings is 3. The molecule has 0 atom stereocenters. The van der Waals surface area contributed by atoms with Gasteiger partial charge in [0.25, 0.3) is 0 Å². The Balaban J connectivity index is 1.69. The molecule has 0 unspecified atom stereocenters. The van der Waals surface area contributed by atoms with Gasteiger partial charge in [-0.05, 0) is 65.9 Å². The SMILES string of the molecule is CCCCCc1cc(OCc2ccc(C#N)cc2)cc(OCc2ccc(C#N)cc2)c1. The molecule has 0 aliphatic carbocycles. The molecule has 3 aromatic carbocycles. The van der Waals surface area contributed by atoms with Crippen LogP contribution in [0.5, 0.6) is 11.5 Å². The zero-order chi connectivity index (χ0) is 21.9. The molecule has 156 valence electrons. The third-order valence-corrected chi connectivity index (χ3v) is 4.99. The number of nitriles is 2. The highest BCUT2D eigenvalue weighted by Crippen LogP contribution is 2.26. The molecule has 3 rings (SSSR count). The molecule has 0 N–H and O–H groups in total. The summed E-state index contributed by atoms with van der Waals surface area (Å²) in [6, 6.07) is 25.1. The van der Waals surface area contributed by atoms with E-state index >= 15 is 0 Å². The second-order valence-electron chi connectivity index (χ2n) is 7.46. The molecular formula is C27H26N2O2. The molecule has 4 heteroatoms. The summed E-state index contributed by atoms with van der Waals surface area (Å²) >= 11 is 0. The zero-order valence-corrected chi connectivity index (χ0v) is 17.8. The predicted molar refractivity (Wildman–Crippen MR) is 121 cm³/mol. The summed E-state index contributed by atoms with van der Waals surface area (Å²) in [5.41, 5.74) is 4.49. The lowest BCUT2D eigenvalue weighted by Crippen LogP contribution is -2.00. The first-order valence-corrected chi connectivity index (χ1v) is 10.6. The number of aryl methyl sites for hydroxylation is 1. The molecule has 0 fully saturated rings. The van der Waals surface area contributed by atoms with E-state index in [1.54, 1.807) is 24.3 Å². The van der Waals surface area contributed by atoms with Gasteiger partial charge in [0.2, 0.25) is 0 Å². The van der Waals surface area contributed by atoms with Gasteiger partial charge in [0.15, 0.2) is 0 Å². The van der Waals surface area contributed by atoms with E-state index in [0.29, 0.717) is 24.3 Å². The molecular weight excluding hydrogens is 384 g/mol. The number of ether oxygens (including phenoxy) is 2. The van der Waals surface area contributed by atoms with Crippen molar-refractivity contribution < 1.29 is 9.47 Å². The van der Waals surface area contributed by atoms with Crippen LogP contribution in [0.2, 0.25) is 0 Å². The Labute approximate surface area is 184 Å². The molecule has 4 nitrogen and oxygen atoms in total. The molecule has 0 saturated carbocycles. The van der Waals surface area contributed by atoms with Crippen LogP contribution < -0.4 is 9.47 Å². The minimum Gasteiger partial charge on any atom is -0.489 e. The number of hydrogen-bond donors (Lipinski definition) is 0. The van der Waals surface area contributed by atoms with Gasteiger partial charge in [-0.3, -0.25) is 0 Å². The van der Waals surface area contributed by atoms with Crippen LogP contribution >= 0.6 is 0 Å². The highest BCUT2D eigenvalue weighted by Gasteiger charge is 2.06. The van der Waals surface area contributed by atoms with Gasteiger partial charge in [-0.2, -0.15) is 10.5 Å². The molecule has 0 heterocycles. The second-order valence-corrected chi connectivity index (χ2v) is 7.46. The number of unbranched alkanes of at least 4 members (excludes halogenated alkanes) is 2. The standard InChI is InChI=1S/C27H26N2O2/c1-2-3-4-5-25-14-26(30-19-23-10-6-21(17-28)7-11-23)16-27(15-25)31-20-24-12-8-22(18-29)9-13-24/h6-16H,2-5,19-20H2,1H3. The third kappa shape index (κ3) is 6.91. The Morgan fingerprint density at radius 3 is 1.55 bits per heavy atom. The maximum atomic E-state index is 8.94. The van der Waals surface area contributed by atoms with Crippen LogP contribution in [0.3, 0.4) is 0 Å². The third-order valence-electron chi connectivity index (χ3n) is 4.99. The first-order valence-electron chi connectivity index (χ1n) is 10.6. The number of rotatable bonds is 10. The quantitative estimate of drug-likeness (QED) is 0.367. The van der Waals surface area contributed by atoms with E-state index in [4.69, 9.17) is 20.0 Å². The molecule has 0 aromatic heterocycles. The fourth-order valence-corrected chi connectivity index (χ4v) is 3.21. The lowest BCUT2D eigenvalue weighted by atomic mass is 10.1. The van der Waals surface area contributed by atoms with Gasteiger partial charge >= 0.3 is 0 Å². The first kappa shape index (κ1) is 21.9. The molecule has 0 radical (unpaired) electrons. The van der Waals surface area contributed by atoms with Crippen molar-refractivity contribution in [1.82, 2.24) is 0 Å². The van der Waals surface area contributed by atoms with Crippen molar-refractivity contribution in [2.24, 2.45) is 0 Å². The van der Waals surface area contributed by atoms with Crippen molar-refractivity contribution in [3.05, 3.63) is 94.5 Å². The monoisotopic (exact) mass is 410 g/mol. The van der Waals surface area contributed by atoms with Crippen molar-refractivity contribution in [2.75, 3.05) is 0 Å². The fourth-order valence-electron chi connectivity index (χ4n) is 3.21. The van der Waals surface area contributed by atoms with Crippen LogP contribution in [0.25, 0.3) is 0 Å². The van der Waals surface area contributed by atoms with Gasteiger partial charge in [-0.1, -0.05) is 44.0 Å². The van der Waals surface area contributed by atoms with Crippen molar-refractivity contribution in [1.29, 1.82) is 10.5 Å². The van der Waals surface area contributed by atoms with E-state index < -0.39 is 0 Å². The molecule has 3 aromatic rings. The summed E-state index contributed by atoms with van der Waals surface area (Å²) < 4.78 is 12.1. The maximum Gasteiger partial charge on any atom is 0.123 e. The van der Waals surface area contributed by atoms with Gasteiger partial charge in [0.1, 0.15) is 24.7 Å². The summed E-state index contributed by atoms with van der Waals surface area (Å²) in [6.45, 7) is 3.06. The Morgan fingerprint density at radius 2 is 1.13 bits per heavy atom. The highest BCUT2D eigenvalue weighted by molar-refractivity contribution is 5.39. The molecule has 0 bridgehead atoms. The smallest absolute Gasteiger partial charge is 0.123 e. The lowest BCUT2D eigenvalue weighted by molar-refractivity contribution is 0.289. The summed E-state index contributed by atoms with van der Waals surface area (Å²) in [5, 5.41) is 17.9. The summed E-state index contributed by atoms with van der Waals surface area (Å²) in [4.78, 5) is 0. The van der Waals surface area contributed by atoms with Crippen molar-refractivity contribution >= 4 is 0 Å². The first-order chi connectivity index (χ1) is 15.2. The van der Waals surface area contributed by atoms with Gasteiger partial charge in [-0.15, -0.1) is 0 Å². The molecule has 0 saturated heterocycles. The van der Waals surface area contributed by atoms with E-state index in [9.17, 15) is 0 Å². The fraction of sp³-hybridized carbons (Fsp3) is 0.259. The Morgan fingerprint density at radius 1 is 0.645 bits per heavy atom. The van der Waals surface area contributed by atoms with Crippen LogP contribution in [0.1, 0.15) is 54.0 Å². The Kier molecular flexibility index (Phi) is 8.09. The van der Waals surface area contributed by atoms with Crippen LogP contribution in [0.4, 0.5) is 0 Å². The largest absolute Gasteiger partial charge is 0.489 e. The molecule has 0 spiro atoms. The van der Waals surface area contributed by atoms with Gasteiger partial charge in [0.05, 0.1) is 23.3 Å². The summed E-state index contributed by atoms with van der Waals surface area (Å²) in [7, 11) is 0. The summed E-state index contributed by atoms with van der Waals surface area (Å²) in [6.07, 6.45) is 4.48. The minimum atomic E-state index is 0.430. The van der Waals surface area contributed by atoms with Crippen LogP contribution in [0, 0.1) is 22.7 Å². The highest BCUT2D eigenvalue weighted by atomic mass is 16.5. The second kappa shape index (κ2) is 11.4. The van der Waals surface area contributed by atoms with Gasteiger partial charge in [0, 0.05) is 6.07 Å². The summed E-state index contributed by atoms with van der Waals surface area (Å²) in [5.74, 6) is 1.54. The van der Waals surface area contributed by atoms with Crippen molar-refractivity contribution in [2.45, 2.75) is 45.8 Å². The van der Waals surface area contributed by atoms with Crippen molar-refractivity contribution in [3.63, 3.8) is 0 Å². The van der Waals surface area contributed by atoms with E-state index in [1.165, 1.54) is 18.4 Å². The van der Waals surface area contributed by atoms with Crippen molar-refractivity contribution in [3.8, 4) is 23.6 Å². The average molecular weight is 411 g/mol. The topological polar surface area (TPSA) is 66.0 Å². The minimum absolute atomic E-state index is 0.430. The predicted octanol–water partition coefficient (Wildman–Crippen LogP) is 6.32. The van der Waals surface area contributed by atoms with Crippen LogP contribution in [-0.4, -0.2) is 0 Å². The lowest BCUT2D eigenvalue weighted by Gasteiger charge is -2.13. The van der Waals surface area contributed by atoms with Gasteiger partial charge in [-0.25, -0.2) is 0 Å². The van der Waals surface area contributed by atoms with E-state index in [0.717, 1.165) is 35.5 Å². The molecule has 0 aliphatic heterocycles. The van der Waals surface area contributed by atoms with E-state index in [2.05, 4.69) is 31.2 Å². The molecule has 0 aliphatic rings. The number of nitrogens with zero attached hydrogens (tertiary/aromatic N) is 2. The molecule has 31 heavy (non-hydrogen) atoms. The van der Waals surface area contributed by atoms with E-state index in [-0.39, 0.29) is 0 Å². The Bertz CT molecular complexity index is 979. The van der Waals surface area contributed by atoms with E-state index in [1.807, 2.05) is 30.3 Å². The van der Waals surface area contributed by atoms with Crippen LogP contribution in [0.15, 0.2) is 66.7 Å². The normalized spacial score (nSPS) is 10.2. The maximum absolute atomic E-state index is 8.94. The number of hydrogen-bond acceptors (Lipinski definition) is 4. The Hall–Kier alpha value is -3.76. The zero-order valence-electron chi connectivity index (χ0n) is 17.8. The van der Waals surface area contributed by atoms with Crippen LogP contribution in [-0.2, 0) is 19.6 Å². The average Bonchev–Trinajstić information content (AvgIpc) is 2.82. The van der Waals surface area contributed by atoms with Gasteiger partial charge < -0.3 is 9.47 Å². The molecule has 0 amide bonds.